The van der Waals surface area contributed by atoms with Crippen LogP contribution in [0.5, 0.6) is 0 Å². The van der Waals surface area contributed by atoms with Crippen LogP contribution < -0.4 is 0 Å². The maximum atomic E-state index is 3.93. The SMILES string of the molecule is C=Nc1cccc(CC2CCC2)c1. The zero-order valence-electron chi connectivity index (χ0n) is 7.87. The highest BCUT2D eigenvalue weighted by Gasteiger charge is 2.17. The van der Waals surface area contributed by atoms with Crippen LogP contribution in [0.15, 0.2) is 29.3 Å². The molecule has 1 fully saturated rings. The molecule has 0 saturated heterocycles. The fourth-order valence-electron chi connectivity index (χ4n) is 1.81. The van der Waals surface area contributed by atoms with Gasteiger partial charge in [0.1, 0.15) is 0 Å². The van der Waals surface area contributed by atoms with E-state index in [4.69, 9.17) is 0 Å². The smallest absolute Gasteiger partial charge is 0.0625 e. The van der Waals surface area contributed by atoms with E-state index in [-0.39, 0.29) is 0 Å². The van der Waals surface area contributed by atoms with Crippen LogP contribution in [0.4, 0.5) is 5.69 Å². The quantitative estimate of drug-likeness (QED) is 0.621. The zero-order valence-corrected chi connectivity index (χ0v) is 7.87. The number of benzene rings is 1. The van der Waals surface area contributed by atoms with Crippen LogP contribution >= 0.6 is 0 Å². The van der Waals surface area contributed by atoms with Crippen LogP contribution in [0.2, 0.25) is 0 Å². The molecule has 1 heteroatoms. The predicted octanol–water partition coefficient (Wildman–Crippen LogP) is 3.36. The van der Waals surface area contributed by atoms with Crippen LogP contribution in [0.1, 0.15) is 24.8 Å². The van der Waals surface area contributed by atoms with Gasteiger partial charge in [0.25, 0.3) is 0 Å². The first kappa shape index (κ1) is 8.49. The molecule has 1 aliphatic rings. The maximum Gasteiger partial charge on any atom is 0.0625 e. The lowest BCUT2D eigenvalue weighted by atomic mass is 9.81. The van der Waals surface area contributed by atoms with E-state index in [1.807, 2.05) is 6.07 Å². The lowest BCUT2D eigenvalue weighted by Gasteiger charge is -2.25. The summed E-state index contributed by atoms with van der Waals surface area (Å²) in [6.07, 6.45) is 5.46. The lowest BCUT2D eigenvalue weighted by Crippen LogP contribution is -2.13. The predicted molar refractivity (Wildman–Crippen MR) is 56.7 cm³/mol. The van der Waals surface area contributed by atoms with E-state index in [1.54, 1.807) is 0 Å². The molecule has 1 saturated carbocycles. The first-order valence-electron chi connectivity index (χ1n) is 4.94. The molecule has 0 spiro atoms. The van der Waals surface area contributed by atoms with E-state index in [9.17, 15) is 0 Å². The second-order valence-corrected chi connectivity index (χ2v) is 3.83. The van der Waals surface area contributed by atoms with Gasteiger partial charge in [0.2, 0.25) is 0 Å². The van der Waals surface area contributed by atoms with Crippen LogP contribution in [-0.4, -0.2) is 6.72 Å². The van der Waals surface area contributed by atoms with Gasteiger partial charge in [-0.15, -0.1) is 0 Å². The van der Waals surface area contributed by atoms with E-state index < -0.39 is 0 Å². The van der Waals surface area contributed by atoms with Gasteiger partial charge in [0.05, 0.1) is 5.69 Å². The average molecular weight is 173 g/mol. The molecule has 0 aliphatic heterocycles. The molecule has 0 bridgehead atoms. The molecule has 68 valence electrons. The summed E-state index contributed by atoms with van der Waals surface area (Å²) in [7, 11) is 0. The molecule has 1 nitrogen and oxygen atoms in total. The Bertz CT molecular complexity index is 300. The lowest BCUT2D eigenvalue weighted by molar-refractivity contribution is 0.314. The van der Waals surface area contributed by atoms with Gasteiger partial charge in [-0.3, -0.25) is 4.99 Å². The number of rotatable bonds is 3. The van der Waals surface area contributed by atoms with Crippen molar-refractivity contribution in [3.05, 3.63) is 29.8 Å². The van der Waals surface area contributed by atoms with Gasteiger partial charge >= 0.3 is 0 Å². The Morgan fingerprint density at radius 3 is 2.85 bits per heavy atom. The van der Waals surface area contributed by atoms with E-state index >= 15 is 0 Å². The van der Waals surface area contributed by atoms with E-state index in [2.05, 4.69) is 29.9 Å². The van der Waals surface area contributed by atoms with Crippen molar-refractivity contribution in [2.75, 3.05) is 0 Å². The first-order chi connectivity index (χ1) is 6.38. The van der Waals surface area contributed by atoms with Crippen LogP contribution in [0.3, 0.4) is 0 Å². The zero-order chi connectivity index (χ0) is 9.10. The van der Waals surface area contributed by atoms with Gasteiger partial charge < -0.3 is 0 Å². The summed E-state index contributed by atoms with van der Waals surface area (Å²) >= 11 is 0. The van der Waals surface area contributed by atoms with Gasteiger partial charge in [0.15, 0.2) is 0 Å². The molecule has 2 rings (SSSR count). The van der Waals surface area contributed by atoms with Gasteiger partial charge in [-0.05, 0) is 36.8 Å². The summed E-state index contributed by atoms with van der Waals surface area (Å²) in [5, 5.41) is 0. The molecule has 0 atom stereocenters. The third-order valence-electron chi connectivity index (χ3n) is 2.84. The normalized spacial score (nSPS) is 16.6. The van der Waals surface area contributed by atoms with Crippen molar-refractivity contribution in [1.29, 1.82) is 0 Å². The monoisotopic (exact) mass is 173 g/mol. The molecular formula is C12H15N. The Morgan fingerprint density at radius 2 is 2.23 bits per heavy atom. The Hall–Kier alpha value is -1.11. The Labute approximate surface area is 79.5 Å². The van der Waals surface area contributed by atoms with Crippen molar-refractivity contribution in [3.8, 4) is 0 Å². The highest BCUT2D eigenvalue weighted by Crippen LogP contribution is 2.30. The molecule has 0 heterocycles. The van der Waals surface area contributed by atoms with Crippen molar-refractivity contribution in [2.24, 2.45) is 10.9 Å². The fraction of sp³-hybridized carbons (Fsp3) is 0.417. The average Bonchev–Trinajstić information content (AvgIpc) is 2.12. The third kappa shape index (κ3) is 1.97. The van der Waals surface area contributed by atoms with Crippen LogP contribution in [0.25, 0.3) is 0 Å². The highest BCUT2D eigenvalue weighted by atomic mass is 14.7. The number of hydrogen-bond donors (Lipinski definition) is 0. The molecule has 0 amide bonds. The number of aliphatic imine (C=N–C) groups is 1. The van der Waals surface area contributed by atoms with E-state index in [0.29, 0.717) is 0 Å². The van der Waals surface area contributed by atoms with Gasteiger partial charge in [-0.1, -0.05) is 31.4 Å². The molecular weight excluding hydrogens is 158 g/mol. The Balaban J connectivity index is 2.05. The standard InChI is InChI=1S/C12H15N/c1-13-12-7-3-6-11(9-12)8-10-4-2-5-10/h3,6-7,9-10H,1-2,4-5,8H2. The Morgan fingerprint density at radius 1 is 1.38 bits per heavy atom. The summed E-state index contributed by atoms with van der Waals surface area (Å²) in [5.74, 6) is 0.931. The third-order valence-corrected chi connectivity index (χ3v) is 2.84. The molecule has 0 N–H and O–H groups in total. The molecule has 0 aromatic heterocycles. The van der Waals surface area contributed by atoms with E-state index in [1.165, 1.54) is 31.2 Å². The first-order valence-corrected chi connectivity index (χ1v) is 4.94. The summed E-state index contributed by atoms with van der Waals surface area (Å²) in [5.41, 5.74) is 2.41. The van der Waals surface area contributed by atoms with Crippen molar-refractivity contribution >= 4 is 12.4 Å². The van der Waals surface area contributed by atoms with Crippen molar-refractivity contribution in [3.63, 3.8) is 0 Å². The van der Waals surface area contributed by atoms with Crippen molar-refractivity contribution in [1.82, 2.24) is 0 Å². The van der Waals surface area contributed by atoms with Crippen molar-refractivity contribution < 1.29 is 0 Å². The second kappa shape index (κ2) is 3.73. The van der Waals surface area contributed by atoms with Gasteiger partial charge in [0, 0.05) is 0 Å². The summed E-state index contributed by atoms with van der Waals surface area (Å²) in [4.78, 5) is 3.93. The van der Waals surface area contributed by atoms with Crippen LogP contribution in [0, 0.1) is 5.92 Å². The Kier molecular flexibility index (Phi) is 2.44. The maximum absolute atomic E-state index is 3.93. The van der Waals surface area contributed by atoms with Crippen molar-refractivity contribution in [2.45, 2.75) is 25.7 Å². The highest BCUT2D eigenvalue weighted by molar-refractivity contribution is 5.46. The molecule has 1 aromatic carbocycles. The molecule has 0 radical (unpaired) electrons. The molecule has 0 unspecified atom stereocenters. The molecule has 1 aliphatic carbocycles. The summed E-state index contributed by atoms with van der Waals surface area (Å²) in [6, 6.07) is 8.40. The second-order valence-electron chi connectivity index (χ2n) is 3.83. The molecule has 1 aromatic rings. The van der Waals surface area contributed by atoms with Crippen LogP contribution in [-0.2, 0) is 6.42 Å². The number of hydrogen-bond acceptors (Lipinski definition) is 1. The number of nitrogens with zero attached hydrogens (tertiary/aromatic N) is 1. The van der Waals surface area contributed by atoms with Gasteiger partial charge in [-0.2, -0.15) is 0 Å². The summed E-state index contributed by atoms with van der Waals surface area (Å²) < 4.78 is 0. The van der Waals surface area contributed by atoms with Gasteiger partial charge in [-0.25, -0.2) is 0 Å². The fourth-order valence-corrected chi connectivity index (χ4v) is 1.81. The minimum absolute atomic E-state index is 0.931. The minimum Gasteiger partial charge on any atom is -0.265 e. The minimum atomic E-state index is 0.931. The topological polar surface area (TPSA) is 12.4 Å². The largest absolute Gasteiger partial charge is 0.265 e. The molecule has 13 heavy (non-hydrogen) atoms. The summed E-state index contributed by atoms with van der Waals surface area (Å²) in [6.45, 7) is 3.54. The van der Waals surface area contributed by atoms with E-state index in [0.717, 1.165) is 11.6 Å².